The van der Waals surface area contributed by atoms with Crippen LogP contribution in [0.1, 0.15) is 48.7 Å². The molecule has 0 aromatic carbocycles. The van der Waals surface area contributed by atoms with Crippen LogP contribution in [0.4, 0.5) is 0 Å². The summed E-state index contributed by atoms with van der Waals surface area (Å²) in [6, 6.07) is 0. The molecule has 0 fully saturated rings. The standard InChI is InChI=1S/C17H23N5OS/c1-17(2,3)16-19-11-12(24-16)6-7-15(23)18-9-8-14-21-20-13-5-4-10-22(13)14/h6-7,11H,4-5,8-10H2,1-3H3,(H,18,23)/b7-6-. The fraction of sp³-hybridized carbons (Fsp3) is 0.529. The molecular weight excluding hydrogens is 322 g/mol. The predicted octanol–water partition coefficient (Wildman–Crippen LogP) is 2.35. The SMILES string of the molecule is CC(C)(C)c1ncc(/C=C\C(=O)NCCc2nnc3n2CCC3)s1. The molecule has 0 atom stereocenters. The van der Waals surface area contributed by atoms with Crippen molar-refractivity contribution in [2.75, 3.05) is 6.54 Å². The third-order valence-corrected chi connectivity index (χ3v) is 5.29. The minimum Gasteiger partial charge on any atom is -0.352 e. The van der Waals surface area contributed by atoms with Crippen LogP contribution in [0, 0.1) is 0 Å². The van der Waals surface area contributed by atoms with Gasteiger partial charge in [-0.25, -0.2) is 4.98 Å². The van der Waals surface area contributed by atoms with Gasteiger partial charge in [0.2, 0.25) is 5.91 Å². The number of carbonyl (C=O) groups is 1. The second-order valence-electron chi connectivity index (χ2n) is 6.98. The maximum Gasteiger partial charge on any atom is 0.244 e. The lowest BCUT2D eigenvalue weighted by atomic mass is 9.98. The van der Waals surface area contributed by atoms with E-state index in [9.17, 15) is 4.79 Å². The molecule has 1 N–H and O–H groups in total. The van der Waals surface area contributed by atoms with E-state index in [1.54, 1.807) is 17.4 Å². The van der Waals surface area contributed by atoms with Crippen molar-refractivity contribution in [2.45, 2.75) is 52.0 Å². The predicted molar refractivity (Wildman–Crippen MR) is 94.9 cm³/mol. The summed E-state index contributed by atoms with van der Waals surface area (Å²) in [5.74, 6) is 1.93. The summed E-state index contributed by atoms with van der Waals surface area (Å²) in [6.07, 6.45) is 8.05. The maximum absolute atomic E-state index is 11.9. The Hall–Kier alpha value is -2.02. The summed E-state index contributed by atoms with van der Waals surface area (Å²) in [5, 5.41) is 12.3. The number of amides is 1. The summed E-state index contributed by atoms with van der Waals surface area (Å²) >= 11 is 1.62. The monoisotopic (exact) mass is 345 g/mol. The molecule has 0 spiro atoms. The Labute approximate surface area is 146 Å². The first-order chi connectivity index (χ1) is 11.4. The van der Waals surface area contributed by atoms with E-state index in [0.717, 1.165) is 40.9 Å². The molecule has 3 heterocycles. The van der Waals surface area contributed by atoms with Crippen LogP contribution >= 0.6 is 11.3 Å². The van der Waals surface area contributed by atoms with Crippen LogP contribution in [0.3, 0.4) is 0 Å². The molecule has 0 bridgehead atoms. The van der Waals surface area contributed by atoms with Gasteiger partial charge in [0.15, 0.2) is 0 Å². The summed E-state index contributed by atoms with van der Waals surface area (Å²) in [6.45, 7) is 7.96. The van der Waals surface area contributed by atoms with Gasteiger partial charge in [0.1, 0.15) is 11.6 Å². The Kier molecular flexibility index (Phi) is 4.80. The number of aromatic nitrogens is 4. The lowest BCUT2D eigenvalue weighted by molar-refractivity contribution is -0.116. The molecule has 24 heavy (non-hydrogen) atoms. The second-order valence-corrected chi connectivity index (χ2v) is 8.04. The average molecular weight is 345 g/mol. The molecule has 0 saturated heterocycles. The smallest absolute Gasteiger partial charge is 0.244 e. The summed E-state index contributed by atoms with van der Waals surface area (Å²) < 4.78 is 2.16. The molecule has 0 saturated carbocycles. The lowest BCUT2D eigenvalue weighted by Crippen LogP contribution is -2.24. The van der Waals surface area contributed by atoms with Gasteiger partial charge in [-0.2, -0.15) is 0 Å². The van der Waals surface area contributed by atoms with Crippen molar-refractivity contribution >= 4 is 23.3 Å². The fourth-order valence-electron chi connectivity index (χ4n) is 2.62. The highest BCUT2D eigenvalue weighted by Crippen LogP contribution is 2.27. The van der Waals surface area contributed by atoms with E-state index >= 15 is 0 Å². The molecule has 0 unspecified atom stereocenters. The molecular formula is C17H23N5OS. The van der Waals surface area contributed by atoms with Gasteiger partial charge in [-0.05, 0) is 12.5 Å². The largest absolute Gasteiger partial charge is 0.352 e. The topological polar surface area (TPSA) is 72.7 Å². The van der Waals surface area contributed by atoms with E-state index in [-0.39, 0.29) is 11.3 Å². The zero-order valence-electron chi connectivity index (χ0n) is 14.4. The van der Waals surface area contributed by atoms with Crippen LogP contribution in [0.15, 0.2) is 12.3 Å². The maximum atomic E-state index is 11.9. The highest BCUT2D eigenvalue weighted by Gasteiger charge is 2.18. The van der Waals surface area contributed by atoms with Crippen molar-refractivity contribution in [1.82, 2.24) is 25.1 Å². The third kappa shape index (κ3) is 3.90. The van der Waals surface area contributed by atoms with E-state index in [4.69, 9.17) is 0 Å². The molecule has 6 nitrogen and oxygen atoms in total. The van der Waals surface area contributed by atoms with Crippen molar-refractivity contribution in [3.8, 4) is 0 Å². The van der Waals surface area contributed by atoms with Gasteiger partial charge in [0.05, 0.1) is 5.01 Å². The zero-order valence-corrected chi connectivity index (χ0v) is 15.2. The van der Waals surface area contributed by atoms with Crippen LogP contribution in [0.2, 0.25) is 0 Å². The Bertz CT molecular complexity index is 753. The van der Waals surface area contributed by atoms with Gasteiger partial charge < -0.3 is 9.88 Å². The van der Waals surface area contributed by atoms with Crippen molar-refractivity contribution in [1.29, 1.82) is 0 Å². The van der Waals surface area contributed by atoms with Crippen LogP contribution in [-0.2, 0) is 29.6 Å². The van der Waals surface area contributed by atoms with E-state index < -0.39 is 0 Å². The fourth-order valence-corrected chi connectivity index (χ4v) is 3.50. The van der Waals surface area contributed by atoms with E-state index in [0.29, 0.717) is 13.0 Å². The van der Waals surface area contributed by atoms with Crippen molar-refractivity contribution in [3.05, 3.63) is 33.8 Å². The Morgan fingerprint density at radius 1 is 1.42 bits per heavy atom. The quantitative estimate of drug-likeness (QED) is 0.844. The van der Waals surface area contributed by atoms with Crippen molar-refractivity contribution < 1.29 is 4.79 Å². The Morgan fingerprint density at radius 3 is 3.00 bits per heavy atom. The first-order valence-electron chi connectivity index (χ1n) is 8.26. The summed E-state index contributed by atoms with van der Waals surface area (Å²) in [5.41, 5.74) is 0.0392. The van der Waals surface area contributed by atoms with Crippen LogP contribution in [0.5, 0.6) is 0 Å². The van der Waals surface area contributed by atoms with Gasteiger partial charge in [-0.3, -0.25) is 4.79 Å². The number of fused-ring (bicyclic) bond motifs is 1. The van der Waals surface area contributed by atoms with Gasteiger partial charge in [-0.1, -0.05) is 20.8 Å². The van der Waals surface area contributed by atoms with Gasteiger partial charge in [0.25, 0.3) is 0 Å². The Balaban J connectivity index is 1.48. The first kappa shape index (κ1) is 16.8. The number of hydrogen-bond donors (Lipinski definition) is 1. The van der Waals surface area contributed by atoms with Crippen molar-refractivity contribution in [2.24, 2.45) is 0 Å². The van der Waals surface area contributed by atoms with E-state index in [1.807, 2.05) is 12.3 Å². The molecule has 128 valence electrons. The second kappa shape index (κ2) is 6.84. The normalized spacial score (nSPS) is 14.3. The molecule has 0 radical (unpaired) electrons. The summed E-state index contributed by atoms with van der Waals surface area (Å²) in [4.78, 5) is 17.3. The molecule has 1 aliphatic heterocycles. The zero-order chi connectivity index (χ0) is 17.2. The van der Waals surface area contributed by atoms with Gasteiger partial charge in [0, 0.05) is 48.5 Å². The lowest BCUT2D eigenvalue weighted by Gasteiger charge is -2.13. The van der Waals surface area contributed by atoms with Gasteiger partial charge in [-0.15, -0.1) is 21.5 Å². The number of hydrogen-bond acceptors (Lipinski definition) is 5. The van der Waals surface area contributed by atoms with Crippen LogP contribution in [-0.4, -0.2) is 32.2 Å². The number of nitrogens with one attached hydrogen (secondary N) is 1. The van der Waals surface area contributed by atoms with Gasteiger partial charge >= 0.3 is 0 Å². The molecule has 1 amide bonds. The summed E-state index contributed by atoms with van der Waals surface area (Å²) in [7, 11) is 0. The third-order valence-electron chi connectivity index (χ3n) is 3.90. The van der Waals surface area contributed by atoms with Crippen LogP contribution in [0.25, 0.3) is 6.08 Å². The Morgan fingerprint density at radius 2 is 2.25 bits per heavy atom. The van der Waals surface area contributed by atoms with Crippen molar-refractivity contribution in [3.63, 3.8) is 0 Å². The molecule has 2 aromatic rings. The molecule has 3 rings (SSSR count). The first-order valence-corrected chi connectivity index (χ1v) is 9.08. The highest BCUT2D eigenvalue weighted by atomic mass is 32.1. The number of aryl methyl sites for hydroxylation is 1. The number of thiazole rings is 1. The molecule has 1 aliphatic rings. The number of rotatable bonds is 5. The average Bonchev–Trinajstić information content (AvgIpc) is 3.22. The molecule has 7 heteroatoms. The number of nitrogens with zero attached hydrogens (tertiary/aromatic N) is 4. The minimum absolute atomic E-state index is 0.0392. The minimum atomic E-state index is -0.0955. The molecule has 2 aromatic heterocycles. The van der Waals surface area contributed by atoms with Crippen LogP contribution < -0.4 is 5.32 Å². The number of carbonyl (C=O) groups excluding carboxylic acids is 1. The van der Waals surface area contributed by atoms with E-state index in [2.05, 4.69) is 45.8 Å². The molecule has 0 aliphatic carbocycles. The van der Waals surface area contributed by atoms with E-state index in [1.165, 1.54) is 0 Å². The highest BCUT2D eigenvalue weighted by molar-refractivity contribution is 7.12.